The third kappa shape index (κ3) is 2.45. The first-order chi connectivity index (χ1) is 6.52. The maximum atomic E-state index is 13.3. The largest absolute Gasteiger partial charge is 0.465 e. The molecule has 0 aliphatic carbocycles. The molecular formula is C9H9BrFNO2. The number of nitrogens with one attached hydrogen (secondary N) is 1. The lowest BCUT2D eigenvalue weighted by Gasteiger charge is -2.07. The topological polar surface area (TPSA) is 49.3 Å². The van der Waals surface area contributed by atoms with Crippen molar-refractivity contribution < 1.29 is 14.3 Å². The van der Waals surface area contributed by atoms with E-state index >= 15 is 0 Å². The summed E-state index contributed by atoms with van der Waals surface area (Å²) < 4.78 is 13.7. The Hall–Kier alpha value is -1.10. The van der Waals surface area contributed by atoms with Gasteiger partial charge in [0.15, 0.2) is 0 Å². The van der Waals surface area contributed by atoms with Crippen LogP contribution in [0.1, 0.15) is 11.1 Å². The average molecular weight is 262 g/mol. The molecule has 0 aliphatic heterocycles. The van der Waals surface area contributed by atoms with E-state index in [1.54, 1.807) is 19.1 Å². The van der Waals surface area contributed by atoms with Gasteiger partial charge in [0.05, 0.1) is 4.47 Å². The van der Waals surface area contributed by atoms with Crippen LogP contribution in [0.25, 0.3) is 0 Å². The lowest BCUT2D eigenvalue weighted by atomic mass is 10.1. The molecule has 1 rings (SSSR count). The first-order valence-electron chi connectivity index (χ1n) is 3.92. The van der Waals surface area contributed by atoms with Gasteiger partial charge in [-0.2, -0.15) is 0 Å². The molecule has 76 valence electrons. The van der Waals surface area contributed by atoms with Crippen LogP contribution in [0, 0.1) is 12.7 Å². The minimum absolute atomic E-state index is 0.116. The Morgan fingerprint density at radius 2 is 2.29 bits per heavy atom. The minimum Gasteiger partial charge on any atom is -0.465 e. The fraction of sp³-hybridized carbons (Fsp3) is 0.222. The number of carbonyl (C=O) groups is 1. The van der Waals surface area contributed by atoms with E-state index in [9.17, 15) is 9.18 Å². The van der Waals surface area contributed by atoms with Crippen LogP contribution < -0.4 is 5.32 Å². The van der Waals surface area contributed by atoms with Gasteiger partial charge in [-0.05, 0) is 40.0 Å². The van der Waals surface area contributed by atoms with Gasteiger partial charge >= 0.3 is 6.09 Å². The summed E-state index contributed by atoms with van der Waals surface area (Å²) in [7, 11) is 0. The molecule has 0 spiro atoms. The summed E-state index contributed by atoms with van der Waals surface area (Å²) >= 11 is 3.05. The van der Waals surface area contributed by atoms with Crippen LogP contribution in [-0.4, -0.2) is 11.2 Å². The lowest BCUT2D eigenvalue weighted by molar-refractivity contribution is 0.194. The number of hydrogen-bond acceptors (Lipinski definition) is 1. The number of hydrogen-bond donors (Lipinski definition) is 2. The van der Waals surface area contributed by atoms with Crippen molar-refractivity contribution >= 4 is 22.0 Å². The Kier molecular flexibility index (Phi) is 3.46. The SMILES string of the molecule is Cc1c(CNC(=O)O)ccc(Br)c1F. The van der Waals surface area contributed by atoms with Crippen molar-refractivity contribution in [2.45, 2.75) is 13.5 Å². The van der Waals surface area contributed by atoms with Gasteiger partial charge in [-0.15, -0.1) is 0 Å². The summed E-state index contributed by atoms with van der Waals surface area (Å²) in [6, 6.07) is 3.24. The van der Waals surface area contributed by atoms with Crippen molar-refractivity contribution in [3.05, 3.63) is 33.5 Å². The van der Waals surface area contributed by atoms with E-state index in [1.165, 1.54) is 0 Å². The summed E-state index contributed by atoms with van der Waals surface area (Å²) in [5.41, 5.74) is 1.08. The molecule has 0 saturated carbocycles. The molecule has 3 nitrogen and oxygen atoms in total. The molecule has 1 aromatic carbocycles. The molecule has 2 N–H and O–H groups in total. The standard InChI is InChI=1S/C9H9BrFNO2/c1-5-6(4-12-9(13)14)2-3-7(10)8(5)11/h2-3,12H,4H2,1H3,(H,13,14). The second kappa shape index (κ2) is 4.41. The molecule has 14 heavy (non-hydrogen) atoms. The Morgan fingerprint density at radius 3 is 2.86 bits per heavy atom. The minimum atomic E-state index is -1.12. The van der Waals surface area contributed by atoms with Crippen LogP contribution in [0.4, 0.5) is 9.18 Å². The molecule has 1 amide bonds. The van der Waals surface area contributed by atoms with Crippen LogP contribution in [0.3, 0.4) is 0 Å². The van der Waals surface area contributed by atoms with E-state index in [0.717, 1.165) is 0 Å². The van der Waals surface area contributed by atoms with Gasteiger partial charge in [-0.1, -0.05) is 6.07 Å². The first-order valence-corrected chi connectivity index (χ1v) is 4.72. The molecule has 5 heteroatoms. The van der Waals surface area contributed by atoms with Crippen LogP contribution in [0.2, 0.25) is 0 Å². The van der Waals surface area contributed by atoms with Crippen LogP contribution in [0.15, 0.2) is 16.6 Å². The summed E-state index contributed by atoms with van der Waals surface area (Å²) in [5, 5.41) is 10.6. The zero-order valence-corrected chi connectivity index (χ0v) is 9.06. The monoisotopic (exact) mass is 261 g/mol. The quantitative estimate of drug-likeness (QED) is 0.860. The van der Waals surface area contributed by atoms with Gasteiger partial charge in [-0.3, -0.25) is 0 Å². The molecule has 0 unspecified atom stereocenters. The summed E-state index contributed by atoms with van der Waals surface area (Å²) in [4.78, 5) is 10.2. The normalized spacial score (nSPS) is 9.93. The van der Waals surface area contributed by atoms with Gasteiger partial charge < -0.3 is 10.4 Å². The maximum absolute atomic E-state index is 13.3. The molecule has 0 aromatic heterocycles. The van der Waals surface area contributed by atoms with E-state index in [-0.39, 0.29) is 12.4 Å². The predicted octanol–water partition coefficient (Wildman–Crippen LogP) is 2.66. The highest BCUT2D eigenvalue weighted by Crippen LogP contribution is 2.21. The van der Waals surface area contributed by atoms with E-state index in [2.05, 4.69) is 21.2 Å². The molecule has 0 radical (unpaired) electrons. The Balaban J connectivity index is 2.88. The number of amides is 1. The highest BCUT2D eigenvalue weighted by atomic mass is 79.9. The third-order valence-electron chi connectivity index (χ3n) is 1.88. The summed E-state index contributed by atoms with van der Waals surface area (Å²) in [5.74, 6) is -0.352. The Bertz CT molecular complexity index is 368. The predicted molar refractivity (Wildman–Crippen MR) is 53.7 cm³/mol. The molecule has 0 bridgehead atoms. The fourth-order valence-electron chi connectivity index (χ4n) is 1.05. The van der Waals surface area contributed by atoms with Gasteiger partial charge in [0, 0.05) is 6.54 Å². The second-order valence-corrected chi connectivity index (χ2v) is 3.66. The zero-order chi connectivity index (χ0) is 10.7. The molecule has 0 aliphatic rings. The van der Waals surface area contributed by atoms with Gasteiger partial charge in [0.1, 0.15) is 5.82 Å². The number of carboxylic acid groups (broad SMARTS) is 1. The lowest BCUT2D eigenvalue weighted by Crippen LogP contribution is -2.20. The fourth-order valence-corrected chi connectivity index (χ4v) is 1.48. The van der Waals surface area contributed by atoms with E-state index in [4.69, 9.17) is 5.11 Å². The Labute approximate surface area is 89.1 Å². The van der Waals surface area contributed by atoms with Crippen molar-refractivity contribution in [2.24, 2.45) is 0 Å². The van der Waals surface area contributed by atoms with Crippen molar-refractivity contribution in [1.29, 1.82) is 0 Å². The van der Waals surface area contributed by atoms with Crippen LogP contribution in [0.5, 0.6) is 0 Å². The third-order valence-corrected chi connectivity index (χ3v) is 2.49. The van der Waals surface area contributed by atoms with Crippen LogP contribution >= 0.6 is 15.9 Å². The smallest absolute Gasteiger partial charge is 0.404 e. The maximum Gasteiger partial charge on any atom is 0.404 e. The number of rotatable bonds is 2. The van der Waals surface area contributed by atoms with E-state index in [1.807, 2.05) is 0 Å². The van der Waals surface area contributed by atoms with Crippen molar-refractivity contribution in [3.8, 4) is 0 Å². The molecule has 1 aromatic rings. The van der Waals surface area contributed by atoms with Crippen molar-refractivity contribution in [1.82, 2.24) is 5.32 Å². The molecular weight excluding hydrogens is 253 g/mol. The van der Waals surface area contributed by atoms with Gasteiger partial charge in [-0.25, -0.2) is 9.18 Å². The zero-order valence-electron chi connectivity index (χ0n) is 7.47. The highest BCUT2D eigenvalue weighted by Gasteiger charge is 2.08. The van der Waals surface area contributed by atoms with Gasteiger partial charge in [0.25, 0.3) is 0 Å². The van der Waals surface area contributed by atoms with Crippen molar-refractivity contribution in [3.63, 3.8) is 0 Å². The number of benzene rings is 1. The highest BCUT2D eigenvalue weighted by molar-refractivity contribution is 9.10. The van der Waals surface area contributed by atoms with Gasteiger partial charge in [0.2, 0.25) is 0 Å². The molecule has 0 saturated heterocycles. The first kappa shape index (κ1) is 11.0. The van der Waals surface area contributed by atoms with E-state index in [0.29, 0.717) is 15.6 Å². The average Bonchev–Trinajstić information content (AvgIpc) is 2.13. The molecule has 0 fully saturated rings. The van der Waals surface area contributed by atoms with E-state index < -0.39 is 6.09 Å². The number of halogens is 2. The van der Waals surface area contributed by atoms with Crippen LogP contribution in [-0.2, 0) is 6.54 Å². The van der Waals surface area contributed by atoms with Crippen molar-refractivity contribution in [2.75, 3.05) is 0 Å². The summed E-state index contributed by atoms with van der Waals surface area (Å²) in [6.45, 7) is 1.73. The Morgan fingerprint density at radius 1 is 1.64 bits per heavy atom. The second-order valence-electron chi connectivity index (χ2n) is 2.80. The molecule has 0 heterocycles. The summed E-state index contributed by atoms with van der Waals surface area (Å²) in [6.07, 6.45) is -1.12. The molecule has 0 atom stereocenters.